The van der Waals surface area contributed by atoms with Gasteiger partial charge in [0.25, 0.3) is 5.91 Å². The molecule has 0 saturated carbocycles. The Morgan fingerprint density at radius 3 is 2.38 bits per heavy atom. The van der Waals surface area contributed by atoms with Gasteiger partial charge in [-0.25, -0.2) is 18.5 Å². The number of carbonyl (C=O) groups excluding carboxylic acids is 1. The molecule has 1 heterocycles. The van der Waals surface area contributed by atoms with E-state index in [0.717, 1.165) is 11.3 Å². The largest absolute Gasteiger partial charge is 0.344 e. The van der Waals surface area contributed by atoms with Crippen LogP contribution in [0, 0.1) is 0 Å². The molecule has 0 unspecified atom stereocenters. The fourth-order valence-corrected chi connectivity index (χ4v) is 3.07. The van der Waals surface area contributed by atoms with Crippen LogP contribution in [0.3, 0.4) is 0 Å². The zero-order chi connectivity index (χ0) is 18.7. The number of imidazole rings is 1. The zero-order valence-corrected chi connectivity index (χ0v) is 14.8. The SMILES string of the molecule is C[C@H](NC(=O)c1cncn1-c1ccccc1)c1ccc(S(N)(=O)=O)cc1. The van der Waals surface area contributed by atoms with Gasteiger partial charge in [-0.3, -0.25) is 9.36 Å². The third-order valence-corrected chi connectivity index (χ3v) is 4.89. The monoisotopic (exact) mass is 370 g/mol. The highest BCUT2D eigenvalue weighted by molar-refractivity contribution is 7.89. The van der Waals surface area contributed by atoms with E-state index in [0.29, 0.717) is 5.69 Å². The minimum Gasteiger partial charge on any atom is -0.344 e. The van der Waals surface area contributed by atoms with Gasteiger partial charge in [-0.15, -0.1) is 0 Å². The number of primary sulfonamides is 1. The molecular weight excluding hydrogens is 352 g/mol. The number of hydrogen-bond donors (Lipinski definition) is 2. The predicted octanol–water partition coefficient (Wildman–Crippen LogP) is 2.01. The Kier molecular flexibility index (Phi) is 4.88. The second kappa shape index (κ2) is 7.11. The van der Waals surface area contributed by atoms with Crippen LogP contribution < -0.4 is 10.5 Å². The van der Waals surface area contributed by atoms with E-state index < -0.39 is 10.0 Å². The van der Waals surface area contributed by atoms with E-state index in [1.165, 1.54) is 18.3 Å². The van der Waals surface area contributed by atoms with Gasteiger partial charge in [0, 0.05) is 5.69 Å². The van der Waals surface area contributed by atoms with Gasteiger partial charge in [0.1, 0.15) is 5.69 Å². The Morgan fingerprint density at radius 2 is 1.77 bits per heavy atom. The molecule has 0 fully saturated rings. The molecule has 0 aliphatic carbocycles. The number of hydrogen-bond acceptors (Lipinski definition) is 4. The number of nitrogens with one attached hydrogen (secondary N) is 1. The first-order chi connectivity index (χ1) is 12.4. The van der Waals surface area contributed by atoms with E-state index in [-0.39, 0.29) is 16.8 Å². The van der Waals surface area contributed by atoms with Crippen molar-refractivity contribution in [1.82, 2.24) is 14.9 Å². The maximum atomic E-state index is 12.6. The zero-order valence-electron chi connectivity index (χ0n) is 14.0. The minimum atomic E-state index is -3.74. The van der Waals surface area contributed by atoms with Crippen LogP contribution in [0.4, 0.5) is 0 Å². The molecular formula is C18H18N4O3S. The number of sulfonamides is 1. The van der Waals surface area contributed by atoms with Crippen LogP contribution in [0.15, 0.2) is 72.0 Å². The maximum Gasteiger partial charge on any atom is 0.270 e. The lowest BCUT2D eigenvalue weighted by molar-refractivity contribution is 0.0933. The summed E-state index contributed by atoms with van der Waals surface area (Å²) in [6.45, 7) is 1.81. The molecule has 0 spiro atoms. The normalized spacial score (nSPS) is 12.5. The molecule has 0 aliphatic heterocycles. The molecule has 1 aromatic heterocycles. The molecule has 8 heteroatoms. The second-order valence-corrected chi connectivity index (χ2v) is 7.36. The standard InChI is InChI=1S/C18H18N4O3S/c1-13(14-7-9-16(10-8-14)26(19,24)25)21-18(23)17-11-20-12-22(17)15-5-3-2-4-6-15/h2-13H,1H3,(H,21,23)(H2,19,24,25)/t13-/m0/s1. The van der Waals surface area contributed by atoms with E-state index in [9.17, 15) is 13.2 Å². The highest BCUT2D eigenvalue weighted by atomic mass is 32.2. The number of aromatic nitrogens is 2. The molecule has 0 radical (unpaired) electrons. The van der Waals surface area contributed by atoms with Crippen LogP contribution in [-0.2, 0) is 10.0 Å². The highest BCUT2D eigenvalue weighted by Crippen LogP contribution is 2.17. The van der Waals surface area contributed by atoms with E-state index in [2.05, 4.69) is 10.3 Å². The summed E-state index contributed by atoms with van der Waals surface area (Å²) < 4.78 is 24.3. The first kappa shape index (κ1) is 17.8. The van der Waals surface area contributed by atoms with Crippen molar-refractivity contribution < 1.29 is 13.2 Å². The van der Waals surface area contributed by atoms with Crippen LogP contribution in [0.2, 0.25) is 0 Å². The first-order valence-electron chi connectivity index (χ1n) is 7.87. The number of para-hydroxylation sites is 1. The lowest BCUT2D eigenvalue weighted by Crippen LogP contribution is -2.28. The lowest BCUT2D eigenvalue weighted by Gasteiger charge is -2.15. The lowest BCUT2D eigenvalue weighted by atomic mass is 10.1. The Morgan fingerprint density at radius 1 is 1.12 bits per heavy atom. The summed E-state index contributed by atoms with van der Waals surface area (Å²) in [4.78, 5) is 16.7. The molecule has 1 amide bonds. The quantitative estimate of drug-likeness (QED) is 0.716. The van der Waals surface area contributed by atoms with Gasteiger partial charge in [0.15, 0.2) is 0 Å². The number of benzene rings is 2. The van der Waals surface area contributed by atoms with Crippen molar-refractivity contribution in [3.05, 3.63) is 78.4 Å². The first-order valence-corrected chi connectivity index (χ1v) is 9.42. The van der Waals surface area contributed by atoms with Crippen LogP contribution in [0.1, 0.15) is 29.0 Å². The number of carbonyl (C=O) groups is 1. The van der Waals surface area contributed by atoms with Crippen molar-refractivity contribution in [1.29, 1.82) is 0 Å². The molecule has 3 rings (SSSR count). The van der Waals surface area contributed by atoms with E-state index >= 15 is 0 Å². The van der Waals surface area contributed by atoms with Gasteiger partial charge in [0.05, 0.1) is 23.5 Å². The average molecular weight is 370 g/mol. The minimum absolute atomic E-state index is 0.0296. The Balaban J connectivity index is 1.78. The van der Waals surface area contributed by atoms with Gasteiger partial charge >= 0.3 is 0 Å². The number of nitrogens with zero attached hydrogens (tertiary/aromatic N) is 2. The molecule has 134 valence electrons. The van der Waals surface area contributed by atoms with E-state index in [1.807, 2.05) is 37.3 Å². The molecule has 0 aliphatic rings. The third-order valence-electron chi connectivity index (χ3n) is 3.96. The van der Waals surface area contributed by atoms with E-state index in [4.69, 9.17) is 5.14 Å². The number of nitrogens with two attached hydrogens (primary N) is 1. The molecule has 3 N–H and O–H groups in total. The van der Waals surface area contributed by atoms with Crippen molar-refractivity contribution in [3.63, 3.8) is 0 Å². The van der Waals surface area contributed by atoms with Crippen LogP contribution in [0.25, 0.3) is 5.69 Å². The summed E-state index contributed by atoms with van der Waals surface area (Å²) in [6, 6.07) is 15.2. The van der Waals surface area contributed by atoms with Crippen LogP contribution in [-0.4, -0.2) is 23.9 Å². The summed E-state index contributed by atoms with van der Waals surface area (Å²) in [6.07, 6.45) is 3.08. The Bertz CT molecular complexity index is 1010. The van der Waals surface area contributed by atoms with Gasteiger partial charge < -0.3 is 5.32 Å². The highest BCUT2D eigenvalue weighted by Gasteiger charge is 2.17. The maximum absolute atomic E-state index is 12.6. The molecule has 26 heavy (non-hydrogen) atoms. The summed E-state index contributed by atoms with van der Waals surface area (Å²) in [5, 5.41) is 7.98. The summed E-state index contributed by atoms with van der Waals surface area (Å²) in [5.41, 5.74) is 2.00. The smallest absolute Gasteiger partial charge is 0.270 e. The molecule has 2 aromatic carbocycles. The van der Waals surface area contributed by atoms with Crippen LogP contribution >= 0.6 is 0 Å². The molecule has 0 saturated heterocycles. The van der Waals surface area contributed by atoms with Crippen LogP contribution in [0.5, 0.6) is 0 Å². The average Bonchev–Trinajstić information content (AvgIpc) is 3.11. The van der Waals surface area contributed by atoms with Crippen molar-refractivity contribution in [3.8, 4) is 5.69 Å². The van der Waals surface area contributed by atoms with Gasteiger partial charge in [-0.1, -0.05) is 30.3 Å². The van der Waals surface area contributed by atoms with Gasteiger partial charge in [-0.2, -0.15) is 0 Å². The van der Waals surface area contributed by atoms with Gasteiger partial charge in [-0.05, 0) is 36.8 Å². The van der Waals surface area contributed by atoms with Gasteiger partial charge in [0.2, 0.25) is 10.0 Å². The van der Waals surface area contributed by atoms with Crippen molar-refractivity contribution in [2.24, 2.45) is 5.14 Å². The molecule has 1 atom stereocenters. The van der Waals surface area contributed by atoms with Crippen molar-refractivity contribution in [2.75, 3.05) is 0 Å². The summed E-state index contributed by atoms with van der Waals surface area (Å²) in [7, 11) is -3.74. The summed E-state index contributed by atoms with van der Waals surface area (Å²) >= 11 is 0. The topological polar surface area (TPSA) is 107 Å². The number of rotatable bonds is 5. The fourth-order valence-electron chi connectivity index (χ4n) is 2.56. The molecule has 0 bridgehead atoms. The molecule has 3 aromatic rings. The number of amides is 1. The Hall–Kier alpha value is -2.97. The van der Waals surface area contributed by atoms with Crippen molar-refractivity contribution in [2.45, 2.75) is 17.9 Å². The van der Waals surface area contributed by atoms with E-state index in [1.54, 1.807) is 23.0 Å². The summed E-state index contributed by atoms with van der Waals surface area (Å²) in [5.74, 6) is -0.283. The molecule has 7 nitrogen and oxygen atoms in total. The Labute approximate surface area is 151 Å². The second-order valence-electron chi connectivity index (χ2n) is 5.79. The van der Waals surface area contributed by atoms with Crippen molar-refractivity contribution >= 4 is 15.9 Å². The predicted molar refractivity (Wildman–Crippen MR) is 97.3 cm³/mol. The fraction of sp³-hybridized carbons (Fsp3) is 0.111. The third kappa shape index (κ3) is 3.81.